The van der Waals surface area contributed by atoms with Crippen LogP contribution in [0.5, 0.6) is 144 Å². The van der Waals surface area contributed by atoms with Crippen LogP contribution in [0.1, 0.15) is 0 Å². The van der Waals surface area contributed by atoms with E-state index < -0.39 is 231 Å². The number of benzene rings is 8. The standard InChI is InChI=1S/C42H26O26/c43-3-1-2-4(22(49)18(3)45)19(46)15-16-21(48)12(31(58)40(67)42(16)68-41(15)17(2)44)6-9-7(23(50)33(60)35(62)25(9)52)5(8-10(6)26(53)36(63)34(61)24(8)51)11-20(47)13(28(55)32(59)27(11)54)14-29(56)37(64)39(66)38(65)30(14)57/h1,43-67H. The van der Waals surface area contributed by atoms with Gasteiger partial charge in [-0.1, -0.05) is 0 Å². The van der Waals surface area contributed by atoms with E-state index in [1.165, 1.54) is 0 Å². The maximum absolute atomic E-state index is 12.2. The molecule has 0 atom stereocenters. The Bertz CT molecular complexity index is 3790. The van der Waals surface area contributed by atoms with Gasteiger partial charge in [0.05, 0.1) is 38.4 Å². The van der Waals surface area contributed by atoms with Crippen molar-refractivity contribution in [1.29, 1.82) is 0 Å². The molecular weight excluding hydrogens is 920 g/mol. The molecule has 0 bridgehead atoms. The van der Waals surface area contributed by atoms with Gasteiger partial charge in [-0.25, -0.2) is 0 Å². The third kappa shape index (κ3) is 4.76. The largest absolute Gasteiger partial charge is 0.506 e. The summed E-state index contributed by atoms with van der Waals surface area (Å²) in [6.45, 7) is 0. The summed E-state index contributed by atoms with van der Waals surface area (Å²) in [5.74, 6) is -40.1. The van der Waals surface area contributed by atoms with Gasteiger partial charge in [0.25, 0.3) is 0 Å². The number of hydrogen-bond donors (Lipinski definition) is 25. The van der Waals surface area contributed by atoms with E-state index in [1.54, 1.807) is 0 Å². The molecule has 0 aliphatic heterocycles. The lowest BCUT2D eigenvalue weighted by Gasteiger charge is -2.25. The number of hydrogen-bond acceptors (Lipinski definition) is 26. The molecule has 26 nitrogen and oxygen atoms in total. The van der Waals surface area contributed by atoms with Crippen molar-refractivity contribution in [3.05, 3.63) is 6.07 Å². The summed E-state index contributed by atoms with van der Waals surface area (Å²) in [5, 5.41) is 269. The lowest BCUT2D eigenvalue weighted by molar-refractivity contribution is 0.329. The number of furan rings is 1. The van der Waals surface area contributed by atoms with Crippen LogP contribution in [-0.2, 0) is 0 Å². The summed E-state index contributed by atoms with van der Waals surface area (Å²) in [6.07, 6.45) is 0. The van der Waals surface area contributed by atoms with E-state index >= 15 is 0 Å². The Balaban J connectivity index is 1.59. The molecule has 9 aromatic rings. The van der Waals surface area contributed by atoms with Crippen LogP contribution >= 0.6 is 0 Å². The van der Waals surface area contributed by atoms with Crippen molar-refractivity contribution < 1.29 is 132 Å². The molecule has 0 saturated carbocycles. The van der Waals surface area contributed by atoms with Gasteiger partial charge < -0.3 is 132 Å². The molecule has 26 heteroatoms. The van der Waals surface area contributed by atoms with E-state index in [0.717, 1.165) is 0 Å². The molecule has 1 heterocycles. The second kappa shape index (κ2) is 13.2. The first-order chi connectivity index (χ1) is 31.7. The van der Waals surface area contributed by atoms with E-state index in [-0.39, 0.29) is 0 Å². The van der Waals surface area contributed by atoms with Crippen molar-refractivity contribution in [2.24, 2.45) is 0 Å². The SMILES string of the molecule is Oc1cc2c(O)c3oc4c(O)c(O)c(-c5c6c(O)c(O)c(O)c(O)c6c(-c6c(O)c(O)c(O)c(-c7c(O)c(O)c(O)c(O)c7O)c6O)c6c(O)c(O)c(O)c(O)c56)c(O)c4c3c(O)c2c(O)c1O. The summed E-state index contributed by atoms with van der Waals surface area (Å²) in [4.78, 5) is 0. The van der Waals surface area contributed by atoms with Gasteiger partial charge in [0.2, 0.25) is 57.5 Å². The highest BCUT2D eigenvalue weighted by atomic mass is 16.4. The molecule has 8 aromatic carbocycles. The fourth-order valence-electron chi connectivity index (χ4n) is 8.45. The highest BCUT2D eigenvalue weighted by Crippen LogP contribution is 2.69. The van der Waals surface area contributed by atoms with Crippen molar-refractivity contribution in [3.8, 4) is 177 Å². The Morgan fingerprint density at radius 1 is 0.191 bits per heavy atom. The summed E-state index contributed by atoms with van der Waals surface area (Å²) < 4.78 is 5.49. The summed E-state index contributed by atoms with van der Waals surface area (Å²) in [7, 11) is 0. The molecule has 0 saturated heterocycles. The zero-order valence-corrected chi connectivity index (χ0v) is 32.7. The Morgan fingerprint density at radius 3 is 0.897 bits per heavy atom. The van der Waals surface area contributed by atoms with Crippen LogP contribution in [0.25, 0.3) is 87.6 Å². The second-order valence-corrected chi connectivity index (χ2v) is 14.9. The molecule has 0 radical (unpaired) electrons. The zero-order valence-electron chi connectivity index (χ0n) is 32.7. The third-order valence-electron chi connectivity index (χ3n) is 11.6. The van der Waals surface area contributed by atoms with E-state index in [9.17, 15) is 128 Å². The van der Waals surface area contributed by atoms with Crippen LogP contribution in [0.3, 0.4) is 0 Å². The third-order valence-corrected chi connectivity index (χ3v) is 11.6. The number of fused-ring (bicyclic) bond motifs is 6. The van der Waals surface area contributed by atoms with Crippen LogP contribution in [0.2, 0.25) is 0 Å². The second-order valence-electron chi connectivity index (χ2n) is 14.9. The van der Waals surface area contributed by atoms with Gasteiger partial charge in [-0.15, -0.1) is 0 Å². The minimum atomic E-state index is -1.83. The maximum atomic E-state index is 12.2. The number of aromatic hydroxyl groups is 25. The van der Waals surface area contributed by atoms with Crippen molar-refractivity contribution in [2.45, 2.75) is 0 Å². The van der Waals surface area contributed by atoms with Gasteiger partial charge in [-0.3, -0.25) is 0 Å². The highest BCUT2D eigenvalue weighted by molar-refractivity contribution is 6.32. The van der Waals surface area contributed by atoms with Crippen molar-refractivity contribution in [3.63, 3.8) is 0 Å². The monoisotopic (exact) mass is 946 g/mol. The summed E-state index contributed by atoms with van der Waals surface area (Å²) in [6, 6.07) is 0.638. The lowest BCUT2D eigenvalue weighted by Crippen LogP contribution is -1.97. The summed E-state index contributed by atoms with van der Waals surface area (Å²) in [5.41, 5.74) is -10.8. The fraction of sp³-hybridized carbons (Fsp3) is 0. The molecule has 25 N–H and O–H groups in total. The molecule has 0 spiro atoms. The van der Waals surface area contributed by atoms with Crippen LogP contribution in [0.4, 0.5) is 0 Å². The van der Waals surface area contributed by atoms with Gasteiger partial charge in [-0.05, 0) is 6.07 Å². The first-order valence-corrected chi connectivity index (χ1v) is 18.3. The average molecular weight is 947 g/mol. The van der Waals surface area contributed by atoms with Gasteiger partial charge >= 0.3 is 0 Å². The van der Waals surface area contributed by atoms with E-state index in [4.69, 9.17) is 4.42 Å². The molecule has 9 rings (SSSR count). The van der Waals surface area contributed by atoms with Crippen LogP contribution in [0, 0.1) is 0 Å². The topological polar surface area (TPSA) is 519 Å². The molecule has 1 aromatic heterocycles. The first kappa shape index (κ1) is 42.6. The minimum absolute atomic E-state index is 0.636. The normalized spacial score (nSPS) is 11.8. The number of phenols is 25. The molecular formula is C42H26O26. The molecule has 350 valence electrons. The molecule has 0 amide bonds. The Labute approximate surface area is 369 Å². The van der Waals surface area contributed by atoms with Crippen LogP contribution < -0.4 is 0 Å². The maximum Gasteiger partial charge on any atom is 0.208 e. The lowest BCUT2D eigenvalue weighted by atomic mass is 9.81. The van der Waals surface area contributed by atoms with E-state index in [1.807, 2.05) is 0 Å². The summed E-state index contributed by atoms with van der Waals surface area (Å²) >= 11 is 0. The van der Waals surface area contributed by atoms with Crippen LogP contribution in [0.15, 0.2) is 10.5 Å². The minimum Gasteiger partial charge on any atom is -0.506 e. The zero-order chi connectivity index (χ0) is 50.1. The van der Waals surface area contributed by atoms with Gasteiger partial charge in [-0.2, -0.15) is 0 Å². The van der Waals surface area contributed by atoms with Crippen LogP contribution in [-0.4, -0.2) is 128 Å². The van der Waals surface area contributed by atoms with Gasteiger partial charge in [0.15, 0.2) is 80.2 Å². The molecule has 68 heavy (non-hydrogen) atoms. The van der Waals surface area contributed by atoms with Gasteiger partial charge in [0.1, 0.15) is 17.2 Å². The highest BCUT2D eigenvalue weighted by Gasteiger charge is 2.40. The van der Waals surface area contributed by atoms with E-state index in [0.29, 0.717) is 6.07 Å². The molecule has 0 unspecified atom stereocenters. The average Bonchev–Trinajstić information content (AvgIpc) is 3.72. The van der Waals surface area contributed by atoms with Crippen molar-refractivity contribution in [1.82, 2.24) is 0 Å². The van der Waals surface area contributed by atoms with E-state index in [2.05, 4.69) is 0 Å². The molecule has 0 aliphatic rings. The smallest absolute Gasteiger partial charge is 0.208 e. The quantitative estimate of drug-likeness (QED) is 0.0649. The molecule has 0 aliphatic carbocycles. The number of rotatable bonds is 3. The van der Waals surface area contributed by atoms with Crippen molar-refractivity contribution >= 4 is 54.3 Å². The predicted octanol–water partition coefficient (Wildman–Crippen LogP) is 4.69. The number of phenolic OH excluding ortho intramolecular Hbond substituents is 25. The molecule has 0 fully saturated rings. The predicted molar refractivity (Wildman–Crippen MR) is 224 cm³/mol. The Hall–Kier alpha value is -10.7. The Morgan fingerprint density at radius 2 is 0.471 bits per heavy atom. The first-order valence-electron chi connectivity index (χ1n) is 18.3. The fourth-order valence-corrected chi connectivity index (χ4v) is 8.45. The van der Waals surface area contributed by atoms with Crippen molar-refractivity contribution in [2.75, 3.05) is 0 Å². The van der Waals surface area contributed by atoms with Gasteiger partial charge in [0, 0.05) is 38.1 Å². The Kier molecular flexibility index (Phi) is 8.27.